The number of para-hydroxylation sites is 1. The lowest BCUT2D eigenvalue weighted by Crippen LogP contribution is -2.40. The molecule has 11 heteroatoms. The Morgan fingerprint density at radius 3 is 2.39 bits per heavy atom. The zero-order chi connectivity index (χ0) is 31.4. The van der Waals surface area contributed by atoms with E-state index in [1.807, 2.05) is 36.4 Å². The number of nitrogens with zero attached hydrogens (tertiary/aromatic N) is 2. The fourth-order valence-electron chi connectivity index (χ4n) is 4.96. The number of methoxy groups -OCH3 is 3. The van der Waals surface area contributed by atoms with E-state index >= 15 is 0 Å². The highest BCUT2D eigenvalue weighted by molar-refractivity contribution is 9.10. The molecule has 5 rings (SSSR count). The zero-order valence-corrected chi connectivity index (χ0v) is 27.0. The number of rotatable bonds is 10. The Balaban J connectivity index is 1.74. The minimum Gasteiger partial charge on any atom is -0.493 e. The second kappa shape index (κ2) is 13.4. The maximum Gasteiger partial charge on any atom is 0.271 e. The molecule has 0 spiro atoms. The maximum absolute atomic E-state index is 14.2. The number of allylic oxidation sites excluding steroid dienone is 1. The molecule has 1 atom stereocenters. The number of fused-ring (bicyclic) bond motifs is 1. The molecule has 44 heavy (non-hydrogen) atoms. The van der Waals surface area contributed by atoms with Gasteiger partial charge in [-0.3, -0.25) is 14.2 Å². The topological polar surface area (TPSA) is 100 Å². The van der Waals surface area contributed by atoms with Gasteiger partial charge in [-0.25, -0.2) is 4.99 Å². The van der Waals surface area contributed by atoms with Crippen LogP contribution in [-0.4, -0.2) is 38.4 Å². The van der Waals surface area contributed by atoms with Gasteiger partial charge in [-0.2, -0.15) is 0 Å². The van der Waals surface area contributed by atoms with E-state index in [0.717, 1.165) is 4.47 Å². The first kappa shape index (κ1) is 30.8. The van der Waals surface area contributed by atoms with Crippen molar-refractivity contribution in [1.82, 2.24) is 4.57 Å². The van der Waals surface area contributed by atoms with Gasteiger partial charge in [0.1, 0.15) is 12.4 Å². The number of halogens is 1. The molecule has 226 valence electrons. The monoisotopic (exact) mass is 675 g/mol. The molecule has 1 aliphatic rings. The van der Waals surface area contributed by atoms with Crippen LogP contribution in [0.1, 0.15) is 24.1 Å². The van der Waals surface area contributed by atoms with Gasteiger partial charge < -0.3 is 24.3 Å². The van der Waals surface area contributed by atoms with Crippen LogP contribution in [0, 0.1) is 0 Å². The molecule has 9 nitrogen and oxygen atoms in total. The molecule has 1 aliphatic heterocycles. The lowest BCUT2D eigenvalue weighted by Gasteiger charge is -2.26. The molecule has 0 aliphatic carbocycles. The molecular formula is C33H30BrN3O6S. The number of amides is 1. The molecule has 1 aromatic heterocycles. The van der Waals surface area contributed by atoms with Crippen LogP contribution in [0.3, 0.4) is 0 Å². The summed E-state index contributed by atoms with van der Waals surface area (Å²) in [6.07, 6.45) is 3.42. The largest absolute Gasteiger partial charge is 0.493 e. The number of carbonyl (C=O) groups is 1. The molecule has 0 fully saturated rings. The maximum atomic E-state index is 14.2. The van der Waals surface area contributed by atoms with E-state index in [-0.39, 0.29) is 5.56 Å². The van der Waals surface area contributed by atoms with Crippen LogP contribution in [0.15, 0.2) is 98.8 Å². The lowest BCUT2D eigenvalue weighted by molar-refractivity contribution is -0.113. The highest BCUT2D eigenvalue weighted by Gasteiger charge is 2.34. The van der Waals surface area contributed by atoms with Crippen LogP contribution in [0.5, 0.6) is 23.0 Å². The second-order valence-corrected chi connectivity index (χ2v) is 11.6. The molecular weight excluding hydrogens is 646 g/mol. The minimum atomic E-state index is -0.857. The summed E-state index contributed by atoms with van der Waals surface area (Å²) in [6.45, 7) is 5.79. The van der Waals surface area contributed by atoms with Crippen molar-refractivity contribution >= 4 is 44.9 Å². The van der Waals surface area contributed by atoms with Crippen molar-refractivity contribution in [1.29, 1.82) is 0 Å². The SMILES string of the molecule is C=CCOc1ccc(Br)cc1/C=c1\sc2n(c1=O)[C@@H](c1cc(OC)c(OC)c(OC)c1)C(C(=O)Nc1ccccc1)=C(C)N=2. The van der Waals surface area contributed by atoms with Crippen molar-refractivity contribution in [3.63, 3.8) is 0 Å². The van der Waals surface area contributed by atoms with Crippen LogP contribution in [0.2, 0.25) is 0 Å². The highest BCUT2D eigenvalue weighted by atomic mass is 79.9. The summed E-state index contributed by atoms with van der Waals surface area (Å²) in [5, 5.41) is 2.96. The van der Waals surface area contributed by atoms with E-state index < -0.39 is 11.9 Å². The normalized spacial score (nSPS) is 14.4. The van der Waals surface area contributed by atoms with Gasteiger partial charge in [0.25, 0.3) is 11.5 Å². The van der Waals surface area contributed by atoms with E-state index in [0.29, 0.717) is 67.0 Å². The Morgan fingerprint density at radius 2 is 1.75 bits per heavy atom. The van der Waals surface area contributed by atoms with Crippen molar-refractivity contribution in [2.24, 2.45) is 4.99 Å². The summed E-state index contributed by atoms with van der Waals surface area (Å²) in [4.78, 5) is 33.4. The van der Waals surface area contributed by atoms with Crippen molar-refractivity contribution in [2.45, 2.75) is 13.0 Å². The first-order valence-corrected chi connectivity index (χ1v) is 15.1. The second-order valence-electron chi connectivity index (χ2n) is 9.64. The van der Waals surface area contributed by atoms with Crippen LogP contribution < -0.4 is 39.2 Å². The third kappa shape index (κ3) is 6.06. The highest BCUT2D eigenvalue weighted by Crippen LogP contribution is 2.42. The number of hydrogen-bond donors (Lipinski definition) is 1. The average molecular weight is 677 g/mol. The third-order valence-electron chi connectivity index (χ3n) is 6.92. The number of carbonyl (C=O) groups excluding carboxylic acids is 1. The van der Waals surface area contributed by atoms with Crippen molar-refractivity contribution in [2.75, 3.05) is 33.3 Å². The van der Waals surface area contributed by atoms with Gasteiger partial charge in [-0.05, 0) is 61.0 Å². The predicted molar refractivity (Wildman–Crippen MR) is 175 cm³/mol. The third-order valence-corrected chi connectivity index (χ3v) is 8.39. The van der Waals surface area contributed by atoms with Gasteiger partial charge in [0.15, 0.2) is 16.3 Å². The molecule has 0 saturated carbocycles. The number of ether oxygens (including phenoxy) is 4. The number of aromatic nitrogens is 1. The molecule has 0 radical (unpaired) electrons. The summed E-state index contributed by atoms with van der Waals surface area (Å²) in [5.41, 5.74) is 2.35. The number of benzene rings is 3. The Kier molecular flexibility index (Phi) is 9.36. The summed E-state index contributed by atoms with van der Waals surface area (Å²) in [7, 11) is 4.54. The number of hydrogen-bond acceptors (Lipinski definition) is 8. The van der Waals surface area contributed by atoms with Gasteiger partial charge in [0, 0.05) is 15.7 Å². The van der Waals surface area contributed by atoms with Gasteiger partial charge in [0.2, 0.25) is 5.75 Å². The van der Waals surface area contributed by atoms with Crippen LogP contribution >= 0.6 is 27.3 Å². The van der Waals surface area contributed by atoms with Gasteiger partial charge >= 0.3 is 0 Å². The molecule has 1 amide bonds. The van der Waals surface area contributed by atoms with E-state index in [4.69, 9.17) is 23.9 Å². The summed E-state index contributed by atoms with van der Waals surface area (Å²) in [5.74, 6) is 1.37. The van der Waals surface area contributed by atoms with Crippen LogP contribution in [-0.2, 0) is 4.79 Å². The lowest BCUT2D eigenvalue weighted by atomic mass is 9.94. The minimum absolute atomic E-state index is 0.305. The van der Waals surface area contributed by atoms with Crippen molar-refractivity contribution < 1.29 is 23.7 Å². The van der Waals surface area contributed by atoms with E-state index in [1.165, 1.54) is 37.2 Å². The number of anilines is 1. The van der Waals surface area contributed by atoms with E-state index in [9.17, 15) is 9.59 Å². The zero-order valence-electron chi connectivity index (χ0n) is 24.5. The molecule has 0 bridgehead atoms. The fraction of sp³-hybridized carbons (Fsp3) is 0.182. The van der Waals surface area contributed by atoms with E-state index in [1.54, 1.807) is 43.3 Å². The smallest absolute Gasteiger partial charge is 0.271 e. The molecule has 3 aromatic carbocycles. The first-order valence-electron chi connectivity index (χ1n) is 13.5. The van der Waals surface area contributed by atoms with Gasteiger partial charge in [0.05, 0.1) is 43.2 Å². The summed E-state index contributed by atoms with van der Waals surface area (Å²) >= 11 is 4.74. The standard InChI is InChI=1S/C33H30BrN3O6S/c1-6-14-43-24-13-12-22(34)15-20(24)18-27-32(39)37-29(21-16-25(40-3)30(42-5)26(17-21)41-4)28(19(2)35-33(37)44-27)31(38)36-23-10-8-7-9-11-23/h6-13,15-18,29H,1,14H2,2-5H3,(H,36,38)/b27-18-/t29-/m0/s1. The number of nitrogens with one attached hydrogen (secondary N) is 1. The Bertz CT molecular complexity index is 1920. The quantitative estimate of drug-likeness (QED) is 0.231. The van der Waals surface area contributed by atoms with Crippen molar-refractivity contribution in [3.05, 3.63) is 120 Å². The van der Waals surface area contributed by atoms with Crippen molar-refractivity contribution in [3.8, 4) is 23.0 Å². The average Bonchev–Trinajstić information content (AvgIpc) is 3.33. The molecule has 0 saturated heterocycles. The molecule has 1 N–H and O–H groups in total. The summed E-state index contributed by atoms with van der Waals surface area (Å²) in [6, 6.07) is 17.3. The Labute approximate surface area is 266 Å². The van der Waals surface area contributed by atoms with E-state index in [2.05, 4.69) is 27.8 Å². The fourth-order valence-corrected chi connectivity index (χ4v) is 6.38. The molecule has 2 heterocycles. The van der Waals surface area contributed by atoms with Gasteiger partial charge in [-0.1, -0.05) is 58.1 Å². The Hall–Kier alpha value is -4.61. The number of thiazole rings is 1. The predicted octanol–water partition coefficient (Wildman–Crippen LogP) is 5.23. The summed E-state index contributed by atoms with van der Waals surface area (Å²) < 4.78 is 25.4. The molecule has 0 unspecified atom stereocenters. The Morgan fingerprint density at radius 1 is 1.05 bits per heavy atom. The molecule has 4 aromatic rings. The van der Waals surface area contributed by atoms with Crippen LogP contribution in [0.25, 0.3) is 6.08 Å². The van der Waals surface area contributed by atoms with Gasteiger partial charge in [-0.15, -0.1) is 0 Å². The van der Waals surface area contributed by atoms with Crippen LogP contribution in [0.4, 0.5) is 5.69 Å². The first-order chi connectivity index (χ1) is 21.3.